The molecule has 0 spiro atoms. The van der Waals surface area contributed by atoms with Gasteiger partial charge in [-0.2, -0.15) is 0 Å². The highest BCUT2D eigenvalue weighted by Crippen LogP contribution is 2.33. The normalized spacial score (nSPS) is 25.2. The second kappa shape index (κ2) is 6.99. The van der Waals surface area contributed by atoms with Crippen LogP contribution in [-0.4, -0.2) is 45.6 Å². The van der Waals surface area contributed by atoms with Crippen molar-refractivity contribution >= 4 is 23.6 Å². The summed E-state index contributed by atoms with van der Waals surface area (Å²) in [6.07, 6.45) is 2.30. The fraction of sp³-hybridized carbons (Fsp3) is 0.833. The molecule has 1 aliphatic heterocycles. The molecule has 1 saturated heterocycles. The number of thioether (sulfide) groups is 1. The lowest BCUT2D eigenvalue weighted by molar-refractivity contribution is -0.150. The van der Waals surface area contributed by atoms with Gasteiger partial charge in [0.2, 0.25) is 5.91 Å². The number of hydrogen-bond donors (Lipinski definition) is 2. The molecular formula is C12H22N2O3S. The number of carbonyl (C=O) groups excluding carboxylic acids is 1. The number of carboxylic acid groups (broad SMARTS) is 1. The van der Waals surface area contributed by atoms with Gasteiger partial charge in [-0.05, 0) is 25.8 Å². The first-order valence-corrected chi connectivity index (χ1v) is 7.44. The minimum Gasteiger partial charge on any atom is -0.480 e. The van der Waals surface area contributed by atoms with Gasteiger partial charge in [0, 0.05) is 11.7 Å². The molecule has 5 nitrogen and oxygen atoms in total. The van der Waals surface area contributed by atoms with E-state index >= 15 is 0 Å². The van der Waals surface area contributed by atoms with E-state index in [2.05, 4.69) is 0 Å². The largest absolute Gasteiger partial charge is 0.480 e. The van der Waals surface area contributed by atoms with Gasteiger partial charge in [-0.15, -0.1) is 11.8 Å². The molecule has 1 amide bonds. The van der Waals surface area contributed by atoms with E-state index in [-0.39, 0.29) is 17.2 Å². The molecule has 1 fully saturated rings. The van der Waals surface area contributed by atoms with E-state index in [0.717, 1.165) is 19.3 Å². The van der Waals surface area contributed by atoms with Crippen LogP contribution >= 0.6 is 11.8 Å². The lowest BCUT2D eigenvalue weighted by atomic mass is 10.0. The van der Waals surface area contributed by atoms with Crippen LogP contribution < -0.4 is 5.73 Å². The second-order valence-corrected chi connectivity index (χ2v) is 5.84. The van der Waals surface area contributed by atoms with Crippen LogP contribution in [0.5, 0.6) is 0 Å². The van der Waals surface area contributed by atoms with Gasteiger partial charge >= 0.3 is 5.97 Å². The lowest BCUT2D eigenvalue weighted by Gasteiger charge is -2.29. The zero-order valence-corrected chi connectivity index (χ0v) is 11.8. The molecule has 0 bridgehead atoms. The zero-order chi connectivity index (χ0) is 13.7. The Morgan fingerprint density at radius 2 is 2.22 bits per heavy atom. The molecule has 3 atom stereocenters. The van der Waals surface area contributed by atoms with Crippen molar-refractivity contribution in [2.45, 2.75) is 44.5 Å². The molecule has 18 heavy (non-hydrogen) atoms. The molecule has 1 aliphatic rings. The molecule has 3 unspecified atom stereocenters. The topological polar surface area (TPSA) is 83.6 Å². The molecule has 1 heterocycles. The monoisotopic (exact) mass is 274 g/mol. The molecule has 0 aromatic rings. The predicted molar refractivity (Wildman–Crippen MR) is 72.3 cm³/mol. The molecule has 104 valence electrons. The van der Waals surface area contributed by atoms with Crippen molar-refractivity contribution in [3.05, 3.63) is 0 Å². The first-order valence-electron chi connectivity index (χ1n) is 6.39. The lowest BCUT2D eigenvalue weighted by Crippen LogP contribution is -2.47. The van der Waals surface area contributed by atoms with Crippen molar-refractivity contribution in [2.24, 2.45) is 11.7 Å². The van der Waals surface area contributed by atoms with Crippen molar-refractivity contribution < 1.29 is 14.7 Å². The Balaban J connectivity index is 2.74. The van der Waals surface area contributed by atoms with E-state index in [0.29, 0.717) is 12.3 Å². The zero-order valence-electron chi connectivity index (χ0n) is 11.0. The summed E-state index contributed by atoms with van der Waals surface area (Å²) in [5.74, 6) is -0.614. The van der Waals surface area contributed by atoms with Crippen LogP contribution in [-0.2, 0) is 9.59 Å². The molecular weight excluding hydrogens is 252 g/mol. The Bertz CT molecular complexity index is 312. The van der Waals surface area contributed by atoms with Crippen LogP contribution in [0.2, 0.25) is 0 Å². The van der Waals surface area contributed by atoms with Gasteiger partial charge in [0.25, 0.3) is 0 Å². The molecule has 0 aromatic heterocycles. The summed E-state index contributed by atoms with van der Waals surface area (Å²) in [4.78, 5) is 25.1. The number of hydrogen-bond acceptors (Lipinski definition) is 4. The van der Waals surface area contributed by atoms with E-state index in [1.54, 1.807) is 16.7 Å². The van der Waals surface area contributed by atoms with Crippen molar-refractivity contribution in [1.29, 1.82) is 0 Å². The Hall–Kier alpha value is -0.750. The molecule has 0 aromatic carbocycles. The van der Waals surface area contributed by atoms with Crippen LogP contribution in [0.3, 0.4) is 0 Å². The number of aliphatic carboxylic acids is 1. The Kier molecular flexibility index (Phi) is 5.95. The maximum atomic E-state index is 12.3. The summed E-state index contributed by atoms with van der Waals surface area (Å²) >= 11 is 1.56. The quantitative estimate of drug-likeness (QED) is 0.758. The fourth-order valence-electron chi connectivity index (χ4n) is 2.17. The average molecular weight is 274 g/mol. The smallest absolute Gasteiger partial charge is 0.327 e. The molecule has 0 aliphatic carbocycles. The van der Waals surface area contributed by atoms with Gasteiger partial charge in [-0.1, -0.05) is 13.8 Å². The number of amides is 1. The van der Waals surface area contributed by atoms with Gasteiger partial charge in [0.15, 0.2) is 0 Å². The summed E-state index contributed by atoms with van der Waals surface area (Å²) in [6, 6.07) is -0.673. The van der Waals surface area contributed by atoms with Gasteiger partial charge < -0.3 is 15.7 Å². The first-order chi connectivity index (χ1) is 8.52. The molecule has 3 N–H and O–H groups in total. The summed E-state index contributed by atoms with van der Waals surface area (Å²) in [6.45, 7) is 4.39. The van der Waals surface area contributed by atoms with Crippen LogP contribution in [0.1, 0.15) is 33.1 Å². The molecule has 6 heteroatoms. The first kappa shape index (κ1) is 15.3. The van der Waals surface area contributed by atoms with Crippen molar-refractivity contribution in [3.8, 4) is 0 Å². The highest BCUT2D eigenvalue weighted by atomic mass is 32.2. The SMILES string of the molecule is CCC1SCC(C(=O)O)N1C(=O)C(C)CCCN. The maximum Gasteiger partial charge on any atom is 0.327 e. The second-order valence-electron chi connectivity index (χ2n) is 4.63. The van der Waals surface area contributed by atoms with Gasteiger partial charge in [-0.25, -0.2) is 4.79 Å². The number of rotatable bonds is 6. The van der Waals surface area contributed by atoms with Crippen LogP contribution in [0, 0.1) is 5.92 Å². The van der Waals surface area contributed by atoms with Crippen LogP contribution in [0.15, 0.2) is 0 Å². The summed E-state index contributed by atoms with van der Waals surface area (Å²) in [5, 5.41) is 9.18. The summed E-state index contributed by atoms with van der Waals surface area (Å²) in [5.41, 5.74) is 5.44. The molecule has 1 rings (SSSR count). The minimum atomic E-state index is -0.905. The summed E-state index contributed by atoms with van der Waals surface area (Å²) < 4.78 is 0. The Morgan fingerprint density at radius 3 is 2.72 bits per heavy atom. The number of carbonyl (C=O) groups is 2. The number of nitrogens with two attached hydrogens (primary N) is 1. The standard InChI is InChI=1S/C12H22N2O3S/c1-3-10-14(9(7-18-10)12(16)17)11(15)8(2)5-4-6-13/h8-10H,3-7,13H2,1-2H3,(H,16,17). The third-order valence-electron chi connectivity index (χ3n) is 3.24. The molecule has 0 radical (unpaired) electrons. The van der Waals surface area contributed by atoms with Gasteiger partial charge in [0.1, 0.15) is 6.04 Å². The minimum absolute atomic E-state index is 0.000994. The van der Waals surface area contributed by atoms with Crippen LogP contribution in [0.25, 0.3) is 0 Å². The van der Waals surface area contributed by atoms with Crippen molar-refractivity contribution in [1.82, 2.24) is 4.90 Å². The van der Waals surface area contributed by atoms with E-state index in [4.69, 9.17) is 5.73 Å². The summed E-state index contributed by atoms with van der Waals surface area (Å²) in [7, 11) is 0. The number of carboxylic acids is 1. The predicted octanol–water partition coefficient (Wildman–Crippen LogP) is 1.13. The van der Waals surface area contributed by atoms with Gasteiger partial charge in [0.05, 0.1) is 5.37 Å². The Morgan fingerprint density at radius 1 is 1.56 bits per heavy atom. The molecule has 0 saturated carbocycles. The van der Waals surface area contributed by atoms with E-state index < -0.39 is 12.0 Å². The third-order valence-corrected chi connectivity index (χ3v) is 4.70. The number of nitrogens with zero attached hydrogens (tertiary/aromatic N) is 1. The maximum absolute atomic E-state index is 12.3. The van der Waals surface area contributed by atoms with E-state index in [1.807, 2.05) is 13.8 Å². The van der Waals surface area contributed by atoms with Crippen LogP contribution in [0.4, 0.5) is 0 Å². The fourth-order valence-corrected chi connectivity index (χ4v) is 3.52. The highest BCUT2D eigenvalue weighted by molar-refractivity contribution is 8.00. The van der Waals surface area contributed by atoms with Crippen molar-refractivity contribution in [2.75, 3.05) is 12.3 Å². The Labute approximate surface area is 112 Å². The van der Waals surface area contributed by atoms with E-state index in [9.17, 15) is 14.7 Å². The van der Waals surface area contributed by atoms with Gasteiger partial charge in [-0.3, -0.25) is 4.79 Å². The van der Waals surface area contributed by atoms with Crippen molar-refractivity contribution in [3.63, 3.8) is 0 Å². The average Bonchev–Trinajstić information content (AvgIpc) is 2.78. The highest BCUT2D eigenvalue weighted by Gasteiger charge is 2.41. The van der Waals surface area contributed by atoms with E-state index in [1.165, 1.54) is 0 Å². The third kappa shape index (κ3) is 3.38.